The number of fused-ring (bicyclic) bond motifs is 3. The molecule has 0 amide bonds. The Labute approximate surface area is 131 Å². The second-order valence-electron chi connectivity index (χ2n) is 5.60. The lowest BCUT2D eigenvalue weighted by molar-refractivity contribution is 0.282. The Hall–Kier alpha value is -2.92. The lowest BCUT2D eigenvalue weighted by atomic mass is 10.1. The molecule has 0 aliphatic rings. The molecule has 114 valence electrons. The summed E-state index contributed by atoms with van der Waals surface area (Å²) in [5.74, 6) is 0. The number of nitrogens with zero attached hydrogens (tertiary/aromatic N) is 2. The van der Waals surface area contributed by atoms with Gasteiger partial charge in [-0.05, 0) is 36.2 Å². The molecule has 2 heterocycles. The van der Waals surface area contributed by atoms with E-state index in [0.29, 0.717) is 5.39 Å². The number of aromatic amines is 1. The number of benzene rings is 2. The number of H-pyrrole nitrogens is 1. The summed E-state index contributed by atoms with van der Waals surface area (Å²) in [7, 11) is 0. The summed E-state index contributed by atoms with van der Waals surface area (Å²) in [6.45, 7) is 1.92. The molecular formula is C18H15N3O2. The van der Waals surface area contributed by atoms with Crippen molar-refractivity contribution >= 4 is 21.8 Å². The third-order valence-corrected chi connectivity index (χ3v) is 4.13. The van der Waals surface area contributed by atoms with E-state index in [9.17, 15) is 9.90 Å². The van der Waals surface area contributed by atoms with Crippen LogP contribution in [-0.2, 0) is 6.61 Å². The van der Waals surface area contributed by atoms with Gasteiger partial charge in [0.15, 0.2) is 0 Å². The molecule has 4 aromatic rings. The molecule has 0 spiro atoms. The fourth-order valence-electron chi connectivity index (χ4n) is 2.89. The van der Waals surface area contributed by atoms with Crippen molar-refractivity contribution in [1.29, 1.82) is 0 Å². The zero-order valence-electron chi connectivity index (χ0n) is 12.6. The molecule has 0 fully saturated rings. The molecule has 0 aliphatic heterocycles. The number of hydrogen-bond donors (Lipinski definition) is 2. The predicted molar refractivity (Wildman–Crippen MR) is 89.9 cm³/mol. The smallest absolute Gasteiger partial charge is 0.280 e. The van der Waals surface area contributed by atoms with Gasteiger partial charge in [-0.2, -0.15) is 0 Å². The molecule has 0 saturated carbocycles. The number of aliphatic hydroxyl groups excluding tert-OH is 1. The first-order valence-corrected chi connectivity index (χ1v) is 7.38. The van der Waals surface area contributed by atoms with E-state index in [1.807, 2.05) is 49.4 Å². The summed E-state index contributed by atoms with van der Waals surface area (Å²) < 4.78 is 1.55. The van der Waals surface area contributed by atoms with Gasteiger partial charge < -0.3 is 5.11 Å². The molecule has 2 aromatic heterocycles. The predicted octanol–water partition coefficient (Wildman–Crippen LogP) is 2.67. The first kappa shape index (κ1) is 13.7. The minimum Gasteiger partial charge on any atom is -0.392 e. The van der Waals surface area contributed by atoms with Crippen molar-refractivity contribution in [3.8, 4) is 5.69 Å². The van der Waals surface area contributed by atoms with E-state index < -0.39 is 0 Å². The molecule has 23 heavy (non-hydrogen) atoms. The maximum absolute atomic E-state index is 12.7. The summed E-state index contributed by atoms with van der Waals surface area (Å²) in [5, 5.41) is 13.9. The Kier molecular flexibility index (Phi) is 3.02. The van der Waals surface area contributed by atoms with E-state index in [0.717, 1.165) is 33.2 Å². The normalized spacial score (nSPS) is 11.4. The monoisotopic (exact) mass is 305 g/mol. The average Bonchev–Trinajstić information content (AvgIpc) is 2.92. The Balaban J connectivity index is 2.09. The van der Waals surface area contributed by atoms with Crippen LogP contribution in [0.15, 0.2) is 53.5 Å². The molecule has 5 nitrogen and oxygen atoms in total. The minimum atomic E-state index is -0.127. The fourth-order valence-corrected chi connectivity index (χ4v) is 2.89. The van der Waals surface area contributed by atoms with Gasteiger partial charge in [-0.1, -0.05) is 24.3 Å². The Morgan fingerprint density at radius 3 is 2.78 bits per heavy atom. The highest BCUT2D eigenvalue weighted by molar-refractivity contribution is 6.03. The van der Waals surface area contributed by atoms with E-state index in [4.69, 9.17) is 0 Å². The van der Waals surface area contributed by atoms with E-state index in [-0.39, 0.29) is 12.2 Å². The maximum atomic E-state index is 12.7. The van der Waals surface area contributed by atoms with Crippen LogP contribution in [0.1, 0.15) is 11.1 Å². The molecule has 0 saturated heterocycles. The molecule has 0 atom stereocenters. The number of pyridine rings is 1. The highest BCUT2D eigenvalue weighted by Gasteiger charge is 2.13. The van der Waals surface area contributed by atoms with Gasteiger partial charge in [0, 0.05) is 11.6 Å². The zero-order chi connectivity index (χ0) is 16.0. The van der Waals surface area contributed by atoms with E-state index in [2.05, 4.69) is 10.1 Å². The van der Waals surface area contributed by atoms with E-state index in [1.54, 1.807) is 10.9 Å². The van der Waals surface area contributed by atoms with Crippen LogP contribution in [0.2, 0.25) is 0 Å². The van der Waals surface area contributed by atoms with Crippen LogP contribution >= 0.6 is 0 Å². The Bertz CT molecular complexity index is 1090. The molecule has 4 rings (SSSR count). The van der Waals surface area contributed by atoms with Gasteiger partial charge in [0.05, 0.1) is 28.7 Å². The first-order chi connectivity index (χ1) is 11.2. The van der Waals surface area contributed by atoms with Crippen LogP contribution in [0.4, 0.5) is 0 Å². The lowest BCUT2D eigenvalue weighted by Crippen LogP contribution is -2.15. The number of aliphatic hydroxyl groups is 1. The third kappa shape index (κ3) is 2.05. The fraction of sp³-hybridized carbons (Fsp3) is 0.111. The second-order valence-corrected chi connectivity index (χ2v) is 5.60. The highest BCUT2D eigenvalue weighted by atomic mass is 16.3. The zero-order valence-corrected chi connectivity index (χ0v) is 12.6. The number of rotatable bonds is 2. The van der Waals surface area contributed by atoms with Gasteiger partial charge in [-0.3, -0.25) is 14.9 Å². The molecule has 0 bridgehead atoms. The second kappa shape index (κ2) is 5.07. The highest BCUT2D eigenvalue weighted by Crippen LogP contribution is 2.22. The molecule has 5 heteroatoms. The summed E-state index contributed by atoms with van der Waals surface area (Å²) in [6.07, 6.45) is 1.60. The van der Waals surface area contributed by atoms with Crippen molar-refractivity contribution in [2.75, 3.05) is 0 Å². The number of nitrogens with one attached hydrogen (secondary N) is 1. The third-order valence-electron chi connectivity index (χ3n) is 4.13. The van der Waals surface area contributed by atoms with Gasteiger partial charge in [-0.25, -0.2) is 4.68 Å². The van der Waals surface area contributed by atoms with E-state index in [1.165, 1.54) is 0 Å². The van der Waals surface area contributed by atoms with Crippen molar-refractivity contribution in [1.82, 2.24) is 14.8 Å². The van der Waals surface area contributed by atoms with Crippen molar-refractivity contribution in [2.45, 2.75) is 13.5 Å². The van der Waals surface area contributed by atoms with Crippen molar-refractivity contribution in [3.05, 3.63) is 70.1 Å². The van der Waals surface area contributed by atoms with Gasteiger partial charge >= 0.3 is 0 Å². The average molecular weight is 305 g/mol. The molecular weight excluding hydrogens is 290 g/mol. The van der Waals surface area contributed by atoms with Gasteiger partial charge in [-0.15, -0.1) is 0 Å². The summed E-state index contributed by atoms with van der Waals surface area (Å²) in [4.78, 5) is 17.1. The molecule has 2 aromatic carbocycles. The van der Waals surface area contributed by atoms with Gasteiger partial charge in [0.1, 0.15) is 0 Å². The molecule has 0 unspecified atom stereocenters. The van der Waals surface area contributed by atoms with Gasteiger partial charge in [0.25, 0.3) is 5.56 Å². The molecule has 0 radical (unpaired) electrons. The molecule has 0 aliphatic carbocycles. The topological polar surface area (TPSA) is 70.9 Å². The van der Waals surface area contributed by atoms with Crippen LogP contribution in [0.25, 0.3) is 27.5 Å². The summed E-state index contributed by atoms with van der Waals surface area (Å²) >= 11 is 0. The van der Waals surface area contributed by atoms with Gasteiger partial charge in [0.2, 0.25) is 0 Å². The number of aryl methyl sites for hydroxylation is 1. The first-order valence-electron chi connectivity index (χ1n) is 7.38. The van der Waals surface area contributed by atoms with Crippen molar-refractivity contribution in [2.24, 2.45) is 0 Å². The van der Waals surface area contributed by atoms with Crippen LogP contribution in [0.5, 0.6) is 0 Å². The number of para-hydroxylation sites is 1. The lowest BCUT2D eigenvalue weighted by Gasteiger charge is -2.05. The van der Waals surface area contributed by atoms with Crippen LogP contribution in [-0.4, -0.2) is 19.9 Å². The Morgan fingerprint density at radius 1 is 1.17 bits per heavy atom. The Morgan fingerprint density at radius 2 is 2.00 bits per heavy atom. The maximum Gasteiger partial charge on any atom is 0.280 e. The standard InChI is InChI=1S/C18H15N3O2/c1-11-4-2-3-5-16(11)21-18(23)14-9-19-15-7-6-12(10-22)8-13(15)17(14)20-21/h2-9,20,22H,10H2,1H3. The minimum absolute atomic E-state index is 0.0466. The summed E-state index contributed by atoms with van der Waals surface area (Å²) in [5.41, 5.74) is 4.01. The summed E-state index contributed by atoms with van der Waals surface area (Å²) in [6, 6.07) is 13.3. The van der Waals surface area contributed by atoms with Crippen LogP contribution in [0.3, 0.4) is 0 Å². The van der Waals surface area contributed by atoms with Crippen molar-refractivity contribution in [3.63, 3.8) is 0 Å². The van der Waals surface area contributed by atoms with Crippen LogP contribution in [0, 0.1) is 6.92 Å². The largest absolute Gasteiger partial charge is 0.392 e. The number of aromatic nitrogens is 3. The molecule has 2 N–H and O–H groups in total. The quantitative estimate of drug-likeness (QED) is 0.598. The number of hydrogen-bond acceptors (Lipinski definition) is 3. The van der Waals surface area contributed by atoms with Crippen LogP contribution < -0.4 is 5.56 Å². The SMILES string of the molecule is Cc1ccccc1-n1[nH]c2c(cnc3ccc(CO)cc32)c1=O. The van der Waals surface area contributed by atoms with Crippen molar-refractivity contribution < 1.29 is 5.11 Å². The van der Waals surface area contributed by atoms with E-state index >= 15 is 0 Å².